The highest BCUT2D eigenvalue weighted by atomic mass is 32.2. The van der Waals surface area contributed by atoms with Gasteiger partial charge in [0.1, 0.15) is 5.75 Å². The van der Waals surface area contributed by atoms with E-state index in [0.29, 0.717) is 6.42 Å². The van der Waals surface area contributed by atoms with Gasteiger partial charge in [-0.05, 0) is 12.1 Å². The Morgan fingerprint density at radius 3 is 3.06 bits per heavy atom. The average molecular weight is 247 g/mol. The lowest BCUT2D eigenvalue weighted by Gasteiger charge is -2.00. The van der Waals surface area contributed by atoms with Gasteiger partial charge in [0.15, 0.2) is 5.16 Å². The Bertz CT molecular complexity index is 571. The van der Waals surface area contributed by atoms with Crippen molar-refractivity contribution < 1.29 is 4.74 Å². The molecule has 0 aliphatic heterocycles. The molecule has 0 atom stereocenters. The van der Waals surface area contributed by atoms with Crippen molar-refractivity contribution in [3.8, 4) is 11.8 Å². The molecule has 0 radical (unpaired) electrons. The van der Waals surface area contributed by atoms with E-state index in [1.54, 1.807) is 18.9 Å². The highest BCUT2D eigenvalue weighted by Gasteiger charge is 2.08. The van der Waals surface area contributed by atoms with Crippen molar-refractivity contribution in [1.82, 2.24) is 9.55 Å². The molecule has 5 heteroatoms. The van der Waals surface area contributed by atoms with Crippen LogP contribution >= 0.6 is 11.8 Å². The minimum Gasteiger partial charge on any atom is -0.497 e. The molecule has 0 saturated heterocycles. The summed E-state index contributed by atoms with van der Waals surface area (Å²) in [6, 6.07) is 7.97. The predicted octanol–water partition coefficient (Wildman–Crippen LogP) is 2.59. The fraction of sp³-hybridized carbons (Fsp3) is 0.333. The number of hydrogen-bond acceptors (Lipinski definition) is 4. The number of fused-ring (bicyclic) bond motifs is 1. The van der Waals surface area contributed by atoms with Crippen molar-refractivity contribution in [1.29, 1.82) is 5.26 Å². The largest absolute Gasteiger partial charge is 0.497 e. The van der Waals surface area contributed by atoms with Gasteiger partial charge in [0.25, 0.3) is 0 Å². The maximum absolute atomic E-state index is 8.51. The average Bonchev–Trinajstić information content (AvgIpc) is 2.66. The summed E-state index contributed by atoms with van der Waals surface area (Å²) in [5, 5.41) is 9.45. The lowest BCUT2D eigenvalue weighted by molar-refractivity contribution is 0.415. The number of nitrogens with zero attached hydrogens (tertiary/aromatic N) is 3. The van der Waals surface area contributed by atoms with E-state index in [-0.39, 0.29) is 0 Å². The van der Waals surface area contributed by atoms with Crippen molar-refractivity contribution in [3.05, 3.63) is 18.2 Å². The first-order valence-electron chi connectivity index (χ1n) is 5.26. The van der Waals surface area contributed by atoms with Crippen molar-refractivity contribution in [2.75, 3.05) is 12.9 Å². The van der Waals surface area contributed by atoms with Crippen LogP contribution < -0.4 is 4.74 Å². The van der Waals surface area contributed by atoms with E-state index < -0.39 is 0 Å². The number of rotatable bonds is 4. The van der Waals surface area contributed by atoms with Crippen LogP contribution in [-0.2, 0) is 7.05 Å². The SMILES string of the molecule is COc1ccc2c(c1)nc(SCCC#N)n2C. The van der Waals surface area contributed by atoms with Gasteiger partial charge in [0.2, 0.25) is 0 Å². The van der Waals surface area contributed by atoms with Gasteiger partial charge in [-0.2, -0.15) is 5.26 Å². The first-order chi connectivity index (χ1) is 8.26. The molecule has 0 amide bonds. The number of nitriles is 1. The Balaban J connectivity index is 2.32. The summed E-state index contributed by atoms with van der Waals surface area (Å²) in [7, 11) is 3.63. The lowest BCUT2D eigenvalue weighted by atomic mass is 10.3. The van der Waals surface area contributed by atoms with Crippen LogP contribution in [0.1, 0.15) is 6.42 Å². The number of benzene rings is 1. The maximum Gasteiger partial charge on any atom is 0.168 e. The zero-order valence-corrected chi connectivity index (χ0v) is 10.6. The predicted molar refractivity (Wildman–Crippen MR) is 68.2 cm³/mol. The molecule has 17 heavy (non-hydrogen) atoms. The van der Waals surface area contributed by atoms with E-state index in [9.17, 15) is 0 Å². The molecule has 0 aliphatic rings. The van der Waals surface area contributed by atoms with E-state index in [2.05, 4.69) is 11.1 Å². The van der Waals surface area contributed by atoms with Crippen LogP contribution in [0, 0.1) is 11.3 Å². The molecule has 4 nitrogen and oxygen atoms in total. The molecule has 0 fully saturated rings. The Morgan fingerprint density at radius 1 is 1.53 bits per heavy atom. The fourth-order valence-electron chi connectivity index (χ4n) is 1.60. The number of methoxy groups -OCH3 is 1. The molecule has 2 rings (SSSR count). The normalized spacial score (nSPS) is 10.4. The van der Waals surface area contributed by atoms with Crippen molar-refractivity contribution in [3.63, 3.8) is 0 Å². The lowest BCUT2D eigenvalue weighted by Crippen LogP contribution is -1.91. The molecule has 88 valence electrons. The molecule has 2 aromatic rings. The number of imidazole rings is 1. The summed E-state index contributed by atoms with van der Waals surface area (Å²) in [6.45, 7) is 0. The van der Waals surface area contributed by atoms with Crippen LogP contribution in [0.25, 0.3) is 11.0 Å². The third-order valence-corrected chi connectivity index (χ3v) is 3.52. The zero-order chi connectivity index (χ0) is 12.3. The second-order valence-corrected chi connectivity index (χ2v) is 4.63. The van der Waals surface area contributed by atoms with Crippen LogP contribution in [0.4, 0.5) is 0 Å². The number of aromatic nitrogens is 2. The molecule has 1 aromatic carbocycles. The van der Waals surface area contributed by atoms with Gasteiger partial charge in [0.05, 0.1) is 24.2 Å². The smallest absolute Gasteiger partial charge is 0.168 e. The molecular weight excluding hydrogens is 234 g/mol. The highest BCUT2D eigenvalue weighted by molar-refractivity contribution is 7.99. The third-order valence-electron chi connectivity index (χ3n) is 2.49. The Kier molecular flexibility index (Phi) is 3.55. The van der Waals surface area contributed by atoms with Crippen LogP contribution in [0.5, 0.6) is 5.75 Å². The Morgan fingerprint density at radius 2 is 2.35 bits per heavy atom. The summed E-state index contributed by atoms with van der Waals surface area (Å²) in [5.41, 5.74) is 2.00. The van der Waals surface area contributed by atoms with Gasteiger partial charge in [-0.15, -0.1) is 0 Å². The van der Waals surface area contributed by atoms with E-state index in [4.69, 9.17) is 10.00 Å². The summed E-state index contributed by atoms with van der Waals surface area (Å²) >= 11 is 1.60. The zero-order valence-electron chi connectivity index (χ0n) is 9.80. The summed E-state index contributed by atoms with van der Waals surface area (Å²) < 4.78 is 7.21. The molecule has 0 saturated carbocycles. The Hall–Kier alpha value is -1.67. The summed E-state index contributed by atoms with van der Waals surface area (Å²) in [6.07, 6.45) is 0.539. The Labute approximate surface area is 104 Å². The van der Waals surface area contributed by atoms with Gasteiger partial charge in [-0.3, -0.25) is 0 Å². The first-order valence-corrected chi connectivity index (χ1v) is 6.25. The van der Waals surface area contributed by atoms with Crippen LogP contribution in [-0.4, -0.2) is 22.4 Å². The van der Waals surface area contributed by atoms with E-state index in [1.165, 1.54) is 0 Å². The second kappa shape index (κ2) is 5.11. The monoisotopic (exact) mass is 247 g/mol. The van der Waals surface area contributed by atoms with Gasteiger partial charge in [-0.1, -0.05) is 11.8 Å². The van der Waals surface area contributed by atoms with Gasteiger partial charge in [0, 0.05) is 25.3 Å². The number of hydrogen-bond donors (Lipinski definition) is 0. The maximum atomic E-state index is 8.51. The van der Waals surface area contributed by atoms with Gasteiger partial charge < -0.3 is 9.30 Å². The summed E-state index contributed by atoms with van der Waals surface area (Å²) in [4.78, 5) is 4.53. The van der Waals surface area contributed by atoms with Gasteiger partial charge in [-0.25, -0.2) is 4.98 Å². The second-order valence-electron chi connectivity index (χ2n) is 3.56. The fourth-order valence-corrected chi connectivity index (χ4v) is 2.43. The van der Waals surface area contributed by atoms with Gasteiger partial charge >= 0.3 is 0 Å². The van der Waals surface area contributed by atoms with Crippen LogP contribution in [0.2, 0.25) is 0 Å². The van der Waals surface area contributed by atoms with Crippen molar-refractivity contribution in [2.45, 2.75) is 11.6 Å². The number of thioether (sulfide) groups is 1. The summed E-state index contributed by atoms with van der Waals surface area (Å²) in [5.74, 6) is 1.58. The molecule has 1 heterocycles. The number of aryl methyl sites for hydroxylation is 1. The van der Waals surface area contributed by atoms with Crippen LogP contribution in [0.3, 0.4) is 0 Å². The molecule has 1 aromatic heterocycles. The molecule has 0 spiro atoms. The first kappa shape index (κ1) is 11.8. The molecular formula is C12H13N3OS. The minimum atomic E-state index is 0.539. The van der Waals surface area contributed by atoms with E-state index in [0.717, 1.165) is 27.7 Å². The van der Waals surface area contributed by atoms with Crippen molar-refractivity contribution >= 4 is 22.8 Å². The molecule has 0 unspecified atom stereocenters. The molecule has 0 bridgehead atoms. The standard InChI is InChI=1S/C12H13N3OS/c1-15-11-5-4-9(16-2)8-10(11)14-12(15)17-7-3-6-13/h4-5,8H,3,7H2,1-2H3. The van der Waals surface area contributed by atoms with E-state index in [1.807, 2.05) is 29.8 Å². The highest BCUT2D eigenvalue weighted by Crippen LogP contribution is 2.25. The van der Waals surface area contributed by atoms with E-state index >= 15 is 0 Å². The minimum absolute atomic E-state index is 0.539. The van der Waals surface area contributed by atoms with Crippen molar-refractivity contribution in [2.24, 2.45) is 7.05 Å². The van der Waals surface area contributed by atoms with Crippen LogP contribution in [0.15, 0.2) is 23.4 Å². The quantitative estimate of drug-likeness (QED) is 0.615. The molecule has 0 N–H and O–H groups in total. The number of ether oxygens (including phenoxy) is 1. The third kappa shape index (κ3) is 2.37. The topological polar surface area (TPSA) is 50.8 Å². The molecule has 0 aliphatic carbocycles.